The van der Waals surface area contributed by atoms with E-state index in [4.69, 9.17) is 16.7 Å². The SMILES string of the molecule is C#CCC(N)c1nc(C2CCCCC2)no1. The minimum absolute atomic E-state index is 0.324. The smallest absolute Gasteiger partial charge is 0.244 e. The molecule has 1 saturated carbocycles. The standard InChI is InChI=1S/C12H17N3O/c1-2-6-10(13)12-14-11(15-16-12)9-7-4-3-5-8-9/h1,9-10H,3-8,13H2. The van der Waals surface area contributed by atoms with Crippen molar-refractivity contribution >= 4 is 0 Å². The van der Waals surface area contributed by atoms with Crippen LogP contribution in [0.1, 0.15) is 62.2 Å². The summed E-state index contributed by atoms with van der Waals surface area (Å²) in [4.78, 5) is 4.35. The molecule has 1 aliphatic rings. The van der Waals surface area contributed by atoms with Crippen LogP contribution in [0.2, 0.25) is 0 Å². The van der Waals surface area contributed by atoms with Crippen molar-refractivity contribution in [3.05, 3.63) is 11.7 Å². The van der Waals surface area contributed by atoms with Crippen molar-refractivity contribution in [1.82, 2.24) is 10.1 Å². The highest BCUT2D eigenvalue weighted by atomic mass is 16.5. The molecule has 0 bridgehead atoms. The van der Waals surface area contributed by atoms with Crippen LogP contribution < -0.4 is 5.73 Å². The minimum Gasteiger partial charge on any atom is -0.338 e. The van der Waals surface area contributed by atoms with E-state index in [9.17, 15) is 0 Å². The summed E-state index contributed by atoms with van der Waals surface area (Å²) in [6.07, 6.45) is 11.8. The fourth-order valence-electron chi connectivity index (χ4n) is 2.14. The molecular formula is C12H17N3O. The number of nitrogens with two attached hydrogens (primary N) is 1. The Morgan fingerprint density at radius 2 is 2.19 bits per heavy atom. The first-order valence-corrected chi connectivity index (χ1v) is 5.84. The van der Waals surface area contributed by atoms with E-state index in [1.54, 1.807) is 0 Å². The molecule has 1 aromatic rings. The lowest BCUT2D eigenvalue weighted by molar-refractivity contribution is 0.342. The Bertz CT molecular complexity index is 374. The Morgan fingerprint density at radius 1 is 1.44 bits per heavy atom. The number of rotatable bonds is 3. The molecule has 1 aromatic heterocycles. The average molecular weight is 219 g/mol. The molecule has 16 heavy (non-hydrogen) atoms. The van der Waals surface area contributed by atoms with Crippen LogP contribution in [-0.4, -0.2) is 10.1 Å². The van der Waals surface area contributed by atoms with Gasteiger partial charge in [-0.2, -0.15) is 4.98 Å². The first kappa shape index (κ1) is 11.2. The van der Waals surface area contributed by atoms with E-state index in [2.05, 4.69) is 16.1 Å². The molecule has 2 rings (SSSR count). The van der Waals surface area contributed by atoms with Crippen LogP contribution in [0, 0.1) is 12.3 Å². The van der Waals surface area contributed by atoms with Crippen LogP contribution in [0.15, 0.2) is 4.52 Å². The van der Waals surface area contributed by atoms with Crippen LogP contribution >= 0.6 is 0 Å². The lowest BCUT2D eigenvalue weighted by atomic mass is 9.89. The van der Waals surface area contributed by atoms with Crippen molar-refractivity contribution in [2.75, 3.05) is 0 Å². The van der Waals surface area contributed by atoms with E-state index in [1.165, 1.54) is 19.3 Å². The molecule has 1 unspecified atom stereocenters. The first-order chi connectivity index (χ1) is 7.81. The number of nitrogens with zero attached hydrogens (tertiary/aromatic N) is 2. The first-order valence-electron chi connectivity index (χ1n) is 5.84. The van der Waals surface area contributed by atoms with E-state index < -0.39 is 0 Å². The van der Waals surface area contributed by atoms with E-state index in [0.29, 0.717) is 18.2 Å². The lowest BCUT2D eigenvalue weighted by Crippen LogP contribution is -2.10. The summed E-state index contributed by atoms with van der Waals surface area (Å²) in [5.74, 6) is 4.23. The Labute approximate surface area is 95.6 Å². The van der Waals surface area contributed by atoms with Gasteiger partial charge in [0.05, 0.1) is 6.04 Å². The fourth-order valence-corrected chi connectivity index (χ4v) is 2.14. The third-order valence-electron chi connectivity index (χ3n) is 3.08. The van der Waals surface area contributed by atoms with Gasteiger partial charge in [0, 0.05) is 12.3 Å². The number of aromatic nitrogens is 2. The van der Waals surface area contributed by atoms with Crippen LogP contribution in [0.4, 0.5) is 0 Å². The summed E-state index contributed by atoms with van der Waals surface area (Å²) < 4.78 is 5.15. The number of terminal acetylenes is 1. The topological polar surface area (TPSA) is 64.9 Å². The number of hydrogen-bond acceptors (Lipinski definition) is 4. The van der Waals surface area contributed by atoms with E-state index in [1.807, 2.05) is 0 Å². The van der Waals surface area contributed by atoms with Gasteiger partial charge < -0.3 is 10.3 Å². The van der Waals surface area contributed by atoms with Gasteiger partial charge in [0.15, 0.2) is 5.82 Å². The zero-order chi connectivity index (χ0) is 11.4. The normalized spacial score (nSPS) is 19.2. The summed E-state index contributed by atoms with van der Waals surface area (Å²) in [6.45, 7) is 0. The molecule has 0 aromatic carbocycles. The predicted molar refractivity (Wildman–Crippen MR) is 60.5 cm³/mol. The van der Waals surface area contributed by atoms with Crippen molar-refractivity contribution < 1.29 is 4.52 Å². The molecule has 0 spiro atoms. The Morgan fingerprint density at radius 3 is 2.88 bits per heavy atom. The number of hydrogen-bond donors (Lipinski definition) is 1. The average Bonchev–Trinajstić information content (AvgIpc) is 2.80. The zero-order valence-electron chi connectivity index (χ0n) is 9.35. The highest BCUT2D eigenvalue weighted by Gasteiger charge is 2.22. The van der Waals surface area contributed by atoms with Gasteiger partial charge in [-0.25, -0.2) is 0 Å². The lowest BCUT2D eigenvalue weighted by Gasteiger charge is -2.17. The fraction of sp³-hybridized carbons (Fsp3) is 0.667. The molecule has 1 aliphatic carbocycles. The van der Waals surface area contributed by atoms with Gasteiger partial charge in [-0.15, -0.1) is 12.3 Å². The van der Waals surface area contributed by atoms with Crippen LogP contribution in [0.25, 0.3) is 0 Å². The predicted octanol–water partition coefficient (Wildman–Crippen LogP) is 2.14. The minimum atomic E-state index is -0.324. The highest BCUT2D eigenvalue weighted by molar-refractivity contribution is 5.02. The summed E-state index contributed by atoms with van der Waals surface area (Å²) in [7, 11) is 0. The summed E-state index contributed by atoms with van der Waals surface area (Å²) in [5.41, 5.74) is 5.81. The van der Waals surface area contributed by atoms with Gasteiger partial charge in [-0.3, -0.25) is 0 Å². The van der Waals surface area contributed by atoms with Gasteiger partial charge in [0.1, 0.15) is 0 Å². The molecule has 1 atom stereocenters. The molecule has 2 N–H and O–H groups in total. The largest absolute Gasteiger partial charge is 0.338 e. The summed E-state index contributed by atoms with van der Waals surface area (Å²) in [6, 6.07) is -0.324. The van der Waals surface area contributed by atoms with Crippen LogP contribution in [0.5, 0.6) is 0 Å². The van der Waals surface area contributed by atoms with Gasteiger partial charge in [0.25, 0.3) is 0 Å². The summed E-state index contributed by atoms with van der Waals surface area (Å²) in [5, 5.41) is 4.01. The van der Waals surface area contributed by atoms with Crippen molar-refractivity contribution in [3.63, 3.8) is 0 Å². The second kappa shape index (κ2) is 5.13. The molecule has 86 valence electrons. The third-order valence-corrected chi connectivity index (χ3v) is 3.08. The molecule has 0 aliphatic heterocycles. The molecule has 4 heteroatoms. The molecule has 1 heterocycles. The molecule has 0 radical (unpaired) electrons. The zero-order valence-corrected chi connectivity index (χ0v) is 9.35. The Kier molecular flexibility index (Phi) is 3.58. The molecule has 0 saturated heterocycles. The molecular weight excluding hydrogens is 202 g/mol. The maximum absolute atomic E-state index is 5.81. The maximum atomic E-state index is 5.81. The Balaban J connectivity index is 2.04. The van der Waals surface area contributed by atoms with Gasteiger partial charge in [-0.1, -0.05) is 24.4 Å². The Hall–Kier alpha value is -1.34. The monoisotopic (exact) mass is 219 g/mol. The van der Waals surface area contributed by atoms with Crippen LogP contribution in [-0.2, 0) is 0 Å². The molecule has 4 nitrogen and oxygen atoms in total. The third kappa shape index (κ3) is 2.42. The van der Waals surface area contributed by atoms with Gasteiger partial charge in [-0.05, 0) is 12.8 Å². The van der Waals surface area contributed by atoms with Gasteiger partial charge >= 0.3 is 0 Å². The van der Waals surface area contributed by atoms with Crippen molar-refractivity contribution in [1.29, 1.82) is 0 Å². The molecule has 0 amide bonds. The quantitative estimate of drug-likeness (QED) is 0.791. The second-order valence-electron chi connectivity index (χ2n) is 4.34. The van der Waals surface area contributed by atoms with Crippen molar-refractivity contribution in [2.45, 2.75) is 50.5 Å². The maximum Gasteiger partial charge on any atom is 0.244 e. The van der Waals surface area contributed by atoms with E-state index in [-0.39, 0.29) is 6.04 Å². The van der Waals surface area contributed by atoms with E-state index >= 15 is 0 Å². The van der Waals surface area contributed by atoms with E-state index in [0.717, 1.165) is 18.7 Å². The second-order valence-corrected chi connectivity index (χ2v) is 4.34. The van der Waals surface area contributed by atoms with Crippen molar-refractivity contribution in [3.8, 4) is 12.3 Å². The van der Waals surface area contributed by atoms with Crippen LogP contribution in [0.3, 0.4) is 0 Å². The van der Waals surface area contributed by atoms with Gasteiger partial charge in [0.2, 0.25) is 5.89 Å². The molecule has 1 fully saturated rings. The van der Waals surface area contributed by atoms with Crippen molar-refractivity contribution in [2.24, 2.45) is 5.73 Å². The highest BCUT2D eigenvalue weighted by Crippen LogP contribution is 2.31. The summed E-state index contributed by atoms with van der Waals surface area (Å²) >= 11 is 0.